The third-order valence-corrected chi connectivity index (χ3v) is 2.62. The Morgan fingerprint density at radius 2 is 2.25 bits per heavy atom. The third kappa shape index (κ3) is 4.72. The summed E-state index contributed by atoms with van der Waals surface area (Å²) in [5.74, 6) is -0.909. The second-order valence-corrected chi connectivity index (χ2v) is 4.37. The molecule has 0 fully saturated rings. The minimum absolute atomic E-state index is 0.112. The van der Waals surface area contributed by atoms with Crippen LogP contribution in [0.5, 0.6) is 5.75 Å². The first-order valence-electron chi connectivity index (χ1n) is 6.30. The first-order valence-corrected chi connectivity index (χ1v) is 6.30. The fourth-order valence-electron chi connectivity index (χ4n) is 1.73. The van der Waals surface area contributed by atoms with E-state index >= 15 is 0 Å². The molecule has 1 aromatic carbocycles. The molecule has 0 aliphatic rings. The van der Waals surface area contributed by atoms with Gasteiger partial charge >= 0.3 is 11.7 Å². The average Bonchev–Trinajstić information content (AvgIpc) is 2.37. The molecule has 0 radical (unpaired) electrons. The van der Waals surface area contributed by atoms with E-state index in [0.717, 1.165) is 18.9 Å². The summed E-state index contributed by atoms with van der Waals surface area (Å²) in [5, 5.41) is 19.6. The van der Waals surface area contributed by atoms with Crippen LogP contribution in [0.25, 0.3) is 6.08 Å². The van der Waals surface area contributed by atoms with Crippen LogP contribution in [0.4, 0.5) is 5.69 Å². The van der Waals surface area contributed by atoms with Crippen molar-refractivity contribution in [2.45, 2.75) is 32.8 Å². The van der Waals surface area contributed by atoms with Crippen LogP contribution in [0, 0.1) is 10.1 Å². The molecule has 108 valence electrons. The maximum absolute atomic E-state index is 11.0. The molecule has 0 saturated carbocycles. The molecule has 6 nitrogen and oxygen atoms in total. The molecule has 0 aliphatic carbocycles. The van der Waals surface area contributed by atoms with Crippen LogP contribution in [-0.2, 0) is 4.79 Å². The number of carboxylic acid groups (broad SMARTS) is 1. The number of nitro benzene ring substituents is 1. The highest BCUT2D eigenvalue weighted by molar-refractivity contribution is 5.85. The van der Waals surface area contributed by atoms with Crippen molar-refractivity contribution in [2.75, 3.05) is 0 Å². The Bertz CT molecular complexity index is 524. The summed E-state index contributed by atoms with van der Waals surface area (Å²) in [7, 11) is 0. The zero-order valence-electron chi connectivity index (χ0n) is 11.4. The van der Waals surface area contributed by atoms with Crippen molar-refractivity contribution in [3.8, 4) is 5.75 Å². The molecule has 0 saturated heterocycles. The summed E-state index contributed by atoms with van der Waals surface area (Å²) >= 11 is 0. The number of carbonyl (C=O) groups is 1. The monoisotopic (exact) mass is 279 g/mol. The number of ether oxygens (including phenoxy) is 1. The van der Waals surface area contributed by atoms with E-state index in [1.54, 1.807) is 6.07 Å². The zero-order valence-corrected chi connectivity index (χ0v) is 11.4. The van der Waals surface area contributed by atoms with Crippen LogP contribution in [0.1, 0.15) is 32.3 Å². The van der Waals surface area contributed by atoms with Crippen molar-refractivity contribution in [2.24, 2.45) is 0 Å². The lowest BCUT2D eigenvalue weighted by Crippen LogP contribution is -2.12. The minimum Gasteiger partial charge on any atom is -0.484 e. The van der Waals surface area contributed by atoms with E-state index in [4.69, 9.17) is 9.84 Å². The van der Waals surface area contributed by atoms with Gasteiger partial charge in [0.25, 0.3) is 0 Å². The van der Waals surface area contributed by atoms with Gasteiger partial charge in [-0.3, -0.25) is 10.1 Å². The van der Waals surface area contributed by atoms with Gasteiger partial charge in [0.05, 0.1) is 11.0 Å². The van der Waals surface area contributed by atoms with Gasteiger partial charge in [0, 0.05) is 12.1 Å². The van der Waals surface area contributed by atoms with Crippen LogP contribution in [0.15, 0.2) is 24.3 Å². The normalized spacial score (nSPS) is 12.3. The van der Waals surface area contributed by atoms with Gasteiger partial charge in [-0.15, -0.1) is 0 Å². The van der Waals surface area contributed by atoms with Crippen LogP contribution in [-0.4, -0.2) is 22.1 Å². The minimum atomic E-state index is -1.11. The summed E-state index contributed by atoms with van der Waals surface area (Å²) in [6.45, 7) is 3.86. The average molecular weight is 279 g/mol. The van der Waals surface area contributed by atoms with Crippen molar-refractivity contribution in [3.63, 3.8) is 0 Å². The fraction of sp³-hybridized carbons (Fsp3) is 0.357. The Balaban J connectivity index is 3.01. The van der Waals surface area contributed by atoms with Gasteiger partial charge in [0.1, 0.15) is 0 Å². The number of benzene rings is 1. The maximum atomic E-state index is 11.0. The van der Waals surface area contributed by atoms with Gasteiger partial charge in [-0.25, -0.2) is 4.79 Å². The number of hydrogen-bond acceptors (Lipinski definition) is 4. The molecule has 6 heteroatoms. The highest BCUT2D eigenvalue weighted by Crippen LogP contribution is 2.29. The van der Waals surface area contributed by atoms with E-state index in [2.05, 4.69) is 0 Å². The first kappa shape index (κ1) is 15.7. The largest absolute Gasteiger partial charge is 0.484 e. The van der Waals surface area contributed by atoms with E-state index in [9.17, 15) is 14.9 Å². The second kappa shape index (κ2) is 7.28. The number of rotatable bonds is 7. The van der Waals surface area contributed by atoms with E-state index in [0.29, 0.717) is 5.56 Å². The van der Waals surface area contributed by atoms with Gasteiger partial charge < -0.3 is 9.84 Å². The molecule has 1 N–H and O–H groups in total. The SMILES string of the molecule is CCCC(C)Oc1ccc(/C=C/C(=O)O)cc1[N+](=O)[O-]. The van der Waals surface area contributed by atoms with Crippen LogP contribution < -0.4 is 4.74 Å². The first-order chi connectivity index (χ1) is 9.43. The predicted octanol–water partition coefficient (Wildman–Crippen LogP) is 3.26. The zero-order chi connectivity index (χ0) is 15.1. The third-order valence-electron chi connectivity index (χ3n) is 2.62. The molecule has 0 heterocycles. The Morgan fingerprint density at radius 3 is 2.80 bits per heavy atom. The Kier molecular flexibility index (Phi) is 5.71. The molecule has 0 aromatic heterocycles. The van der Waals surface area contributed by atoms with Crippen LogP contribution >= 0.6 is 0 Å². The summed E-state index contributed by atoms with van der Waals surface area (Å²) < 4.78 is 5.55. The van der Waals surface area contributed by atoms with E-state index < -0.39 is 10.9 Å². The molecular formula is C14H17NO5. The van der Waals surface area contributed by atoms with Crippen molar-refractivity contribution in [1.82, 2.24) is 0 Å². The van der Waals surface area contributed by atoms with Crippen molar-refractivity contribution >= 4 is 17.7 Å². The van der Waals surface area contributed by atoms with E-state index in [-0.39, 0.29) is 17.5 Å². The number of carboxylic acids is 1. The van der Waals surface area contributed by atoms with Gasteiger partial charge in [-0.2, -0.15) is 0 Å². The number of hydrogen-bond donors (Lipinski definition) is 1. The molecule has 0 aliphatic heterocycles. The molecule has 20 heavy (non-hydrogen) atoms. The number of aliphatic carboxylic acids is 1. The summed E-state index contributed by atoms with van der Waals surface area (Å²) in [4.78, 5) is 20.9. The summed E-state index contributed by atoms with van der Waals surface area (Å²) in [6.07, 6.45) is 3.85. The fourth-order valence-corrected chi connectivity index (χ4v) is 1.73. The number of nitro groups is 1. The molecule has 1 unspecified atom stereocenters. The Hall–Kier alpha value is -2.37. The second-order valence-electron chi connectivity index (χ2n) is 4.37. The van der Waals surface area contributed by atoms with Gasteiger partial charge in [0.2, 0.25) is 0 Å². The number of nitrogens with zero attached hydrogens (tertiary/aromatic N) is 1. The van der Waals surface area contributed by atoms with Gasteiger partial charge in [-0.05, 0) is 31.1 Å². The smallest absolute Gasteiger partial charge is 0.328 e. The Labute approximate surface area is 116 Å². The summed E-state index contributed by atoms with van der Waals surface area (Å²) in [5.41, 5.74) is 0.273. The molecule has 1 rings (SSSR count). The molecule has 1 aromatic rings. The molecule has 0 amide bonds. The highest BCUT2D eigenvalue weighted by atomic mass is 16.6. The predicted molar refractivity (Wildman–Crippen MR) is 74.8 cm³/mol. The highest BCUT2D eigenvalue weighted by Gasteiger charge is 2.17. The lowest BCUT2D eigenvalue weighted by Gasteiger charge is -2.13. The molecule has 0 spiro atoms. The van der Waals surface area contributed by atoms with Crippen LogP contribution in [0.2, 0.25) is 0 Å². The van der Waals surface area contributed by atoms with Crippen molar-refractivity contribution < 1.29 is 19.6 Å². The maximum Gasteiger partial charge on any atom is 0.328 e. The molecule has 0 bridgehead atoms. The van der Waals surface area contributed by atoms with Crippen molar-refractivity contribution in [3.05, 3.63) is 40.0 Å². The summed E-state index contributed by atoms with van der Waals surface area (Å²) in [6, 6.07) is 4.37. The molecule has 1 atom stereocenters. The topological polar surface area (TPSA) is 89.7 Å². The van der Waals surface area contributed by atoms with Crippen molar-refractivity contribution in [1.29, 1.82) is 0 Å². The van der Waals surface area contributed by atoms with E-state index in [1.807, 2.05) is 13.8 Å². The lowest BCUT2D eigenvalue weighted by atomic mass is 10.1. The standard InChI is InChI=1S/C14H17NO5/c1-3-4-10(2)20-13-7-5-11(6-8-14(16)17)9-12(13)15(18)19/h5-10H,3-4H2,1-2H3,(H,16,17)/b8-6+. The Morgan fingerprint density at radius 1 is 1.55 bits per heavy atom. The quantitative estimate of drug-likeness (QED) is 0.470. The lowest BCUT2D eigenvalue weighted by molar-refractivity contribution is -0.386. The molecular weight excluding hydrogens is 262 g/mol. The van der Waals surface area contributed by atoms with E-state index in [1.165, 1.54) is 18.2 Å². The van der Waals surface area contributed by atoms with Gasteiger partial charge in [0.15, 0.2) is 5.75 Å². The van der Waals surface area contributed by atoms with Gasteiger partial charge in [-0.1, -0.05) is 19.4 Å². The van der Waals surface area contributed by atoms with Crippen LogP contribution in [0.3, 0.4) is 0 Å².